The van der Waals surface area contributed by atoms with Gasteiger partial charge < -0.3 is 15.0 Å². The van der Waals surface area contributed by atoms with Crippen LogP contribution in [-0.4, -0.2) is 38.2 Å². The van der Waals surface area contributed by atoms with E-state index in [1.807, 2.05) is 0 Å². The Kier molecular flexibility index (Phi) is 3.04. The number of hydrogen-bond acceptors (Lipinski definition) is 3. The predicted molar refractivity (Wildman–Crippen MR) is 68.5 cm³/mol. The van der Waals surface area contributed by atoms with Gasteiger partial charge in [-0.25, -0.2) is 0 Å². The van der Waals surface area contributed by atoms with E-state index in [0.29, 0.717) is 5.92 Å². The Labute approximate surface area is 103 Å². The number of ether oxygens (including phenoxy) is 1. The van der Waals surface area contributed by atoms with Crippen LogP contribution >= 0.6 is 0 Å². The summed E-state index contributed by atoms with van der Waals surface area (Å²) in [5.74, 6) is 1.61. The van der Waals surface area contributed by atoms with Gasteiger partial charge in [0, 0.05) is 25.6 Å². The van der Waals surface area contributed by atoms with Crippen molar-refractivity contribution in [3.05, 3.63) is 29.3 Å². The second-order valence-corrected chi connectivity index (χ2v) is 5.05. The predicted octanol–water partition coefficient (Wildman–Crippen LogP) is 1.59. The number of benzene rings is 1. The van der Waals surface area contributed by atoms with Gasteiger partial charge in [-0.05, 0) is 42.8 Å². The highest BCUT2D eigenvalue weighted by Gasteiger charge is 2.24. The second kappa shape index (κ2) is 4.67. The monoisotopic (exact) mass is 232 g/mol. The van der Waals surface area contributed by atoms with Crippen molar-refractivity contribution in [3.63, 3.8) is 0 Å². The molecule has 1 unspecified atom stereocenters. The molecule has 3 nitrogen and oxygen atoms in total. The fourth-order valence-corrected chi connectivity index (χ4v) is 2.79. The van der Waals surface area contributed by atoms with Crippen molar-refractivity contribution in [1.82, 2.24) is 10.2 Å². The Morgan fingerprint density at radius 1 is 1.41 bits per heavy atom. The molecule has 1 aromatic rings. The average Bonchev–Trinajstić information content (AvgIpc) is 2.33. The van der Waals surface area contributed by atoms with Crippen LogP contribution in [0.1, 0.15) is 23.5 Å². The zero-order chi connectivity index (χ0) is 11.7. The van der Waals surface area contributed by atoms with E-state index in [2.05, 4.69) is 28.4 Å². The third kappa shape index (κ3) is 2.17. The normalized spacial score (nSPS) is 23.9. The molecule has 17 heavy (non-hydrogen) atoms. The molecule has 0 radical (unpaired) electrons. The number of likely N-dealkylation sites (tertiary alicyclic amines) is 1. The van der Waals surface area contributed by atoms with Crippen molar-refractivity contribution in [3.8, 4) is 5.75 Å². The Hall–Kier alpha value is -1.06. The molecule has 92 valence electrons. The summed E-state index contributed by atoms with van der Waals surface area (Å²) < 4.78 is 5.29. The fraction of sp³-hybridized carbons (Fsp3) is 0.571. The van der Waals surface area contributed by atoms with Crippen LogP contribution in [0, 0.1) is 0 Å². The van der Waals surface area contributed by atoms with Crippen molar-refractivity contribution >= 4 is 0 Å². The minimum Gasteiger partial charge on any atom is -0.497 e. The molecule has 0 saturated carbocycles. The molecule has 1 saturated heterocycles. The Morgan fingerprint density at radius 2 is 2.29 bits per heavy atom. The minimum atomic E-state index is 0.643. The molecule has 1 fully saturated rings. The zero-order valence-electron chi connectivity index (χ0n) is 10.4. The SMILES string of the molecule is COc1ccc2c(c1)CNCC2CN1CCC1. The van der Waals surface area contributed by atoms with Crippen molar-refractivity contribution < 1.29 is 4.74 Å². The van der Waals surface area contributed by atoms with Crippen LogP contribution in [0.4, 0.5) is 0 Å². The first kappa shape index (κ1) is 11.1. The van der Waals surface area contributed by atoms with E-state index >= 15 is 0 Å². The smallest absolute Gasteiger partial charge is 0.119 e. The maximum Gasteiger partial charge on any atom is 0.119 e. The lowest BCUT2D eigenvalue weighted by Crippen LogP contribution is -2.43. The van der Waals surface area contributed by atoms with Gasteiger partial charge in [0.25, 0.3) is 0 Å². The minimum absolute atomic E-state index is 0.643. The number of nitrogens with one attached hydrogen (secondary N) is 1. The number of fused-ring (bicyclic) bond motifs is 1. The Morgan fingerprint density at radius 3 is 3.00 bits per heavy atom. The van der Waals surface area contributed by atoms with Gasteiger partial charge >= 0.3 is 0 Å². The van der Waals surface area contributed by atoms with Gasteiger partial charge in [-0.15, -0.1) is 0 Å². The second-order valence-electron chi connectivity index (χ2n) is 5.05. The highest BCUT2D eigenvalue weighted by Crippen LogP contribution is 2.29. The lowest BCUT2D eigenvalue weighted by Gasteiger charge is -2.36. The van der Waals surface area contributed by atoms with Crippen LogP contribution < -0.4 is 10.1 Å². The van der Waals surface area contributed by atoms with E-state index in [-0.39, 0.29) is 0 Å². The third-order valence-electron chi connectivity index (χ3n) is 3.92. The molecule has 3 heteroatoms. The first-order valence-electron chi connectivity index (χ1n) is 6.46. The van der Waals surface area contributed by atoms with Crippen LogP contribution in [0.3, 0.4) is 0 Å². The molecule has 2 aliphatic rings. The highest BCUT2D eigenvalue weighted by molar-refractivity contribution is 5.39. The number of hydrogen-bond donors (Lipinski definition) is 1. The van der Waals surface area contributed by atoms with Gasteiger partial charge in [0.2, 0.25) is 0 Å². The van der Waals surface area contributed by atoms with Gasteiger partial charge in [0.1, 0.15) is 5.75 Å². The van der Waals surface area contributed by atoms with Crippen LogP contribution in [0.25, 0.3) is 0 Å². The topological polar surface area (TPSA) is 24.5 Å². The molecule has 1 aromatic carbocycles. The van der Waals surface area contributed by atoms with Crippen molar-refractivity contribution in [2.75, 3.05) is 33.3 Å². The van der Waals surface area contributed by atoms with Gasteiger partial charge in [0.05, 0.1) is 7.11 Å². The summed E-state index contributed by atoms with van der Waals surface area (Å²) in [6.07, 6.45) is 1.37. The standard InChI is InChI=1S/C14H20N2O/c1-17-13-3-4-14-11(7-13)8-15-9-12(14)10-16-5-2-6-16/h3-4,7,12,15H,2,5-6,8-10H2,1H3. The van der Waals surface area contributed by atoms with Crippen LogP contribution in [0.15, 0.2) is 18.2 Å². The number of rotatable bonds is 3. The number of nitrogens with zero attached hydrogens (tertiary/aromatic N) is 1. The quantitative estimate of drug-likeness (QED) is 0.856. The molecule has 0 aromatic heterocycles. The van der Waals surface area contributed by atoms with Gasteiger partial charge in [-0.2, -0.15) is 0 Å². The van der Waals surface area contributed by atoms with Crippen molar-refractivity contribution in [1.29, 1.82) is 0 Å². The van der Waals surface area contributed by atoms with E-state index in [4.69, 9.17) is 4.74 Å². The van der Waals surface area contributed by atoms with Crippen molar-refractivity contribution in [2.45, 2.75) is 18.9 Å². The molecule has 1 atom stereocenters. The van der Waals surface area contributed by atoms with E-state index in [9.17, 15) is 0 Å². The third-order valence-corrected chi connectivity index (χ3v) is 3.92. The maximum absolute atomic E-state index is 5.29. The van der Waals surface area contributed by atoms with Gasteiger partial charge in [-0.3, -0.25) is 0 Å². The summed E-state index contributed by atoms with van der Waals surface area (Å²) in [5, 5.41) is 3.51. The van der Waals surface area contributed by atoms with Crippen LogP contribution in [0.2, 0.25) is 0 Å². The van der Waals surface area contributed by atoms with E-state index in [1.54, 1.807) is 7.11 Å². The summed E-state index contributed by atoms with van der Waals surface area (Å²) in [6, 6.07) is 6.51. The highest BCUT2D eigenvalue weighted by atomic mass is 16.5. The maximum atomic E-state index is 5.29. The summed E-state index contributed by atoms with van der Waals surface area (Å²) in [5.41, 5.74) is 2.91. The van der Waals surface area contributed by atoms with E-state index in [0.717, 1.165) is 18.8 Å². The molecule has 0 spiro atoms. The first-order valence-corrected chi connectivity index (χ1v) is 6.46. The molecule has 1 N–H and O–H groups in total. The molecule has 3 rings (SSSR count). The van der Waals surface area contributed by atoms with E-state index < -0.39 is 0 Å². The number of methoxy groups -OCH3 is 1. The Balaban J connectivity index is 1.80. The molecule has 0 amide bonds. The molecular formula is C14H20N2O. The average molecular weight is 232 g/mol. The summed E-state index contributed by atoms with van der Waals surface area (Å²) in [6.45, 7) is 5.84. The largest absolute Gasteiger partial charge is 0.497 e. The molecule has 2 heterocycles. The molecule has 0 bridgehead atoms. The lowest BCUT2D eigenvalue weighted by atomic mass is 9.89. The summed E-state index contributed by atoms with van der Waals surface area (Å²) >= 11 is 0. The summed E-state index contributed by atoms with van der Waals surface area (Å²) in [4.78, 5) is 2.55. The zero-order valence-corrected chi connectivity index (χ0v) is 10.4. The lowest BCUT2D eigenvalue weighted by molar-refractivity contribution is 0.167. The summed E-state index contributed by atoms with van der Waals surface area (Å²) in [7, 11) is 1.73. The van der Waals surface area contributed by atoms with Crippen molar-refractivity contribution in [2.24, 2.45) is 0 Å². The van der Waals surface area contributed by atoms with Crippen LogP contribution in [0.5, 0.6) is 5.75 Å². The first-order chi connectivity index (χ1) is 8.36. The van der Waals surface area contributed by atoms with Gasteiger partial charge in [0.15, 0.2) is 0 Å². The molecular weight excluding hydrogens is 212 g/mol. The molecule has 0 aliphatic carbocycles. The fourth-order valence-electron chi connectivity index (χ4n) is 2.79. The van der Waals surface area contributed by atoms with Crippen LogP contribution in [-0.2, 0) is 6.54 Å². The van der Waals surface area contributed by atoms with E-state index in [1.165, 1.54) is 37.2 Å². The molecule has 2 aliphatic heterocycles. The van der Waals surface area contributed by atoms with Gasteiger partial charge in [-0.1, -0.05) is 6.07 Å². The Bertz CT molecular complexity index is 401.